The van der Waals surface area contributed by atoms with Gasteiger partial charge >= 0.3 is 0 Å². The molecule has 0 spiro atoms. The molecule has 0 unspecified atom stereocenters. The molecule has 5 aromatic rings. The van der Waals surface area contributed by atoms with Gasteiger partial charge in [-0.3, -0.25) is 14.6 Å². The van der Waals surface area contributed by atoms with Crippen molar-refractivity contribution in [1.82, 2.24) is 24.4 Å². The molecule has 0 aliphatic heterocycles. The first kappa shape index (κ1) is 30.1. The summed E-state index contributed by atoms with van der Waals surface area (Å²) in [4.78, 5) is 35.5. The Hall–Kier alpha value is -4.56. The Bertz CT molecular complexity index is 1960. The van der Waals surface area contributed by atoms with Gasteiger partial charge in [-0.05, 0) is 98.5 Å². The Labute approximate surface area is 269 Å². The number of aryl methyl sites for hydroxylation is 1. The lowest BCUT2D eigenvalue weighted by Crippen LogP contribution is -2.52. The van der Waals surface area contributed by atoms with Crippen LogP contribution in [0.15, 0.2) is 66.9 Å². The average Bonchev–Trinajstić information content (AvgIpc) is 3.77. The second-order valence-electron chi connectivity index (χ2n) is 12.9. The Morgan fingerprint density at radius 3 is 2.57 bits per heavy atom. The largest absolute Gasteiger partial charge is 0.383 e. The number of allylic oxidation sites excluding steroid dienone is 1. The lowest BCUT2D eigenvalue weighted by Gasteiger charge is -2.42. The molecule has 236 valence electrons. The molecule has 8 heteroatoms. The minimum Gasteiger partial charge on any atom is -0.383 e. The third-order valence-electron chi connectivity index (χ3n) is 9.96. The van der Waals surface area contributed by atoms with Crippen molar-refractivity contribution in [3.8, 4) is 11.4 Å². The van der Waals surface area contributed by atoms with Crippen molar-refractivity contribution in [3.63, 3.8) is 0 Å². The van der Waals surface area contributed by atoms with Crippen LogP contribution in [0.3, 0.4) is 0 Å². The molecule has 0 atom stereocenters. The van der Waals surface area contributed by atoms with Crippen LogP contribution >= 0.6 is 0 Å². The number of imidazole rings is 1. The topological polar surface area (TPSA) is 91.0 Å². The summed E-state index contributed by atoms with van der Waals surface area (Å²) < 4.78 is 9.88. The molecule has 1 amide bonds. The van der Waals surface area contributed by atoms with Crippen molar-refractivity contribution in [2.45, 2.75) is 69.9 Å². The number of pyridine rings is 1. The molecule has 7 rings (SSSR count). The minimum absolute atomic E-state index is 0.000978. The monoisotopic (exact) mass is 615 g/mol. The Morgan fingerprint density at radius 1 is 1.04 bits per heavy atom. The number of amides is 1. The number of carbonyl (C=O) groups excluding carboxylic acids is 2. The standard InChI is InChI=1S/C38H41N5O3/c1-25(44)12-13-26-14-17-30-33(23-26)43(21-22-46-3)37(40-30)38(18-8-19-38)41-36(45)28-15-16-29-32(24-28)42(2)35(31-11-6-7-20-39-31)34(29)27-9-4-5-10-27/h6-7,11-17,20,23-24,27H,4-5,8-10,18-19,21-22H2,1-3H3,(H,41,45)/b13-12+. The third-order valence-corrected chi connectivity index (χ3v) is 9.96. The van der Waals surface area contributed by atoms with Crippen LogP contribution < -0.4 is 5.32 Å². The van der Waals surface area contributed by atoms with Crippen LogP contribution in [-0.4, -0.2) is 44.5 Å². The number of hydrogen-bond acceptors (Lipinski definition) is 5. The molecule has 0 bridgehead atoms. The van der Waals surface area contributed by atoms with E-state index >= 15 is 0 Å². The first-order valence-corrected chi connectivity index (χ1v) is 16.4. The van der Waals surface area contributed by atoms with Gasteiger partial charge in [0.25, 0.3) is 5.91 Å². The molecule has 3 heterocycles. The normalized spacial score (nSPS) is 16.4. The van der Waals surface area contributed by atoms with E-state index in [1.165, 1.54) is 36.6 Å². The number of nitrogens with zero attached hydrogens (tertiary/aromatic N) is 4. The fourth-order valence-electron chi connectivity index (χ4n) is 7.50. The summed E-state index contributed by atoms with van der Waals surface area (Å²) in [6.07, 6.45) is 12.8. The van der Waals surface area contributed by atoms with Crippen LogP contribution in [-0.2, 0) is 28.7 Å². The van der Waals surface area contributed by atoms with Crippen molar-refractivity contribution >= 4 is 39.7 Å². The van der Waals surface area contributed by atoms with Gasteiger partial charge in [0.05, 0.1) is 34.6 Å². The van der Waals surface area contributed by atoms with Gasteiger partial charge in [0.1, 0.15) is 5.82 Å². The van der Waals surface area contributed by atoms with Crippen LogP contribution in [0.2, 0.25) is 0 Å². The summed E-state index contributed by atoms with van der Waals surface area (Å²) in [5.41, 5.74) is 7.35. The summed E-state index contributed by atoms with van der Waals surface area (Å²) >= 11 is 0. The average molecular weight is 616 g/mol. The number of ether oxygens (including phenoxy) is 1. The Kier molecular flexibility index (Phi) is 8.07. The van der Waals surface area contributed by atoms with Gasteiger partial charge in [-0.1, -0.05) is 37.1 Å². The van der Waals surface area contributed by atoms with Crippen molar-refractivity contribution < 1.29 is 14.3 Å². The number of methoxy groups -OCH3 is 1. The summed E-state index contributed by atoms with van der Waals surface area (Å²) in [6, 6.07) is 18.3. The molecular formula is C38H41N5O3. The van der Waals surface area contributed by atoms with Gasteiger partial charge in [-0.25, -0.2) is 4.98 Å². The molecule has 1 N–H and O–H groups in total. The number of aromatic nitrogens is 4. The number of hydrogen-bond donors (Lipinski definition) is 1. The van der Waals surface area contributed by atoms with Gasteiger partial charge in [-0.15, -0.1) is 0 Å². The van der Waals surface area contributed by atoms with E-state index in [0.29, 0.717) is 24.6 Å². The van der Waals surface area contributed by atoms with Crippen LogP contribution in [0.4, 0.5) is 0 Å². The van der Waals surface area contributed by atoms with Gasteiger partial charge < -0.3 is 19.2 Å². The van der Waals surface area contributed by atoms with Crippen molar-refractivity contribution in [2.75, 3.05) is 13.7 Å². The van der Waals surface area contributed by atoms with Gasteiger partial charge in [0, 0.05) is 43.4 Å². The highest BCUT2D eigenvalue weighted by Gasteiger charge is 2.44. The molecule has 2 aliphatic carbocycles. The number of rotatable bonds is 10. The Balaban J connectivity index is 1.26. The second kappa shape index (κ2) is 12.3. The van der Waals surface area contributed by atoms with Crippen LogP contribution in [0.25, 0.3) is 39.4 Å². The zero-order valence-electron chi connectivity index (χ0n) is 26.9. The zero-order chi connectivity index (χ0) is 31.8. The van der Waals surface area contributed by atoms with E-state index in [0.717, 1.165) is 58.6 Å². The first-order valence-electron chi connectivity index (χ1n) is 16.4. The van der Waals surface area contributed by atoms with E-state index in [1.807, 2.05) is 48.7 Å². The summed E-state index contributed by atoms with van der Waals surface area (Å²) in [5.74, 6) is 1.26. The van der Waals surface area contributed by atoms with Crippen molar-refractivity contribution in [1.29, 1.82) is 0 Å². The fourth-order valence-corrected chi connectivity index (χ4v) is 7.50. The summed E-state index contributed by atoms with van der Waals surface area (Å²) in [6.45, 7) is 2.67. The third kappa shape index (κ3) is 5.34. The van der Waals surface area contributed by atoms with Crippen LogP contribution in [0.5, 0.6) is 0 Å². The SMILES string of the molecule is COCCn1c(C2(NC(=O)c3ccc4c(C5CCCC5)c(-c5ccccn5)n(C)c4c3)CCC2)nc2ccc(/C=C/C(C)=O)cc21. The molecule has 46 heavy (non-hydrogen) atoms. The molecular weight excluding hydrogens is 574 g/mol. The van der Waals surface area contributed by atoms with E-state index in [2.05, 4.69) is 39.7 Å². The van der Waals surface area contributed by atoms with E-state index in [9.17, 15) is 9.59 Å². The summed E-state index contributed by atoms with van der Waals surface area (Å²) in [5, 5.41) is 4.65. The van der Waals surface area contributed by atoms with Gasteiger partial charge in [0.2, 0.25) is 0 Å². The number of nitrogens with one attached hydrogen (secondary N) is 1. The predicted molar refractivity (Wildman–Crippen MR) is 182 cm³/mol. The fraction of sp³-hybridized carbons (Fsp3) is 0.368. The van der Waals surface area contributed by atoms with E-state index < -0.39 is 5.54 Å². The summed E-state index contributed by atoms with van der Waals surface area (Å²) in [7, 11) is 3.79. The Morgan fingerprint density at radius 2 is 1.87 bits per heavy atom. The highest BCUT2D eigenvalue weighted by molar-refractivity contribution is 6.01. The number of benzene rings is 2. The lowest BCUT2D eigenvalue weighted by atomic mass is 9.75. The van der Waals surface area contributed by atoms with E-state index in [4.69, 9.17) is 14.7 Å². The molecule has 8 nitrogen and oxygen atoms in total. The van der Waals surface area contributed by atoms with Crippen LogP contribution in [0, 0.1) is 0 Å². The molecule has 2 aliphatic rings. The number of fused-ring (bicyclic) bond motifs is 2. The maximum atomic E-state index is 14.1. The highest BCUT2D eigenvalue weighted by Crippen LogP contribution is 2.45. The quantitative estimate of drug-likeness (QED) is 0.167. The molecule has 0 saturated heterocycles. The number of ketones is 1. The smallest absolute Gasteiger partial charge is 0.252 e. The highest BCUT2D eigenvalue weighted by atomic mass is 16.5. The zero-order valence-corrected chi connectivity index (χ0v) is 26.9. The van der Waals surface area contributed by atoms with Gasteiger partial charge in [0.15, 0.2) is 5.78 Å². The minimum atomic E-state index is -0.573. The maximum absolute atomic E-state index is 14.1. The van der Waals surface area contributed by atoms with E-state index in [-0.39, 0.29) is 11.7 Å². The molecule has 2 fully saturated rings. The molecule has 3 aromatic heterocycles. The van der Waals surface area contributed by atoms with E-state index in [1.54, 1.807) is 20.1 Å². The maximum Gasteiger partial charge on any atom is 0.252 e. The number of carbonyl (C=O) groups is 2. The molecule has 0 radical (unpaired) electrons. The molecule has 2 saturated carbocycles. The predicted octanol–water partition coefficient (Wildman–Crippen LogP) is 7.31. The van der Waals surface area contributed by atoms with Crippen molar-refractivity contribution in [2.24, 2.45) is 7.05 Å². The molecule has 2 aromatic carbocycles. The second-order valence-corrected chi connectivity index (χ2v) is 12.9. The van der Waals surface area contributed by atoms with Gasteiger partial charge in [-0.2, -0.15) is 0 Å². The van der Waals surface area contributed by atoms with Crippen molar-refractivity contribution in [3.05, 3.63) is 89.4 Å². The first-order chi connectivity index (χ1) is 22.4. The lowest BCUT2D eigenvalue weighted by molar-refractivity contribution is -0.112. The van der Waals surface area contributed by atoms with Crippen LogP contribution in [0.1, 0.15) is 85.1 Å².